The van der Waals surface area contributed by atoms with Crippen LogP contribution in [0.25, 0.3) is 0 Å². The molecule has 1 amide bonds. The predicted octanol–water partition coefficient (Wildman–Crippen LogP) is 0.543. The van der Waals surface area contributed by atoms with Crippen molar-refractivity contribution in [2.24, 2.45) is 11.8 Å². The highest BCUT2D eigenvalue weighted by Gasteiger charge is 2.32. The van der Waals surface area contributed by atoms with E-state index in [2.05, 4.69) is 0 Å². The van der Waals surface area contributed by atoms with Crippen molar-refractivity contribution in [3.8, 4) is 0 Å². The molecule has 2 aliphatic rings. The van der Waals surface area contributed by atoms with Crippen LogP contribution < -0.4 is 0 Å². The molecule has 1 atom stereocenters. The maximum Gasteiger partial charge on any atom is 0.225 e. The summed E-state index contributed by atoms with van der Waals surface area (Å²) < 4.78 is 29.8. The van der Waals surface area contributed by atoms with Crippen LogP contribution in [0.15, 0.2) is 0 Å². The Morgan fingerprint density at radius 3 is 2.43 bits per heavy atom. The van der Waals surface area contributed by atoms with Gasteiger partial charge in [-0.15, -0.1) is 0 Å². The van der Waals surface area contributed by atoms with E-state index in [9.17, 15) is 13.2 Å². The zero-order chi connectivity index (χ0) is 15.5. The molecule has 2 rings (SSSR count). The Balaban J connectivity index is 1.87. The number of nitrogens with zero attached hydrogens (tertiary/aromatic N) is 2. The SMILES string of the molecule is CCN(C[C@H]1CCOC1)C(=O)C1CCN(S(C)(=O)=O)CC1. The molecule has 2 heterocycles. The van der Waals surface area contributed by atoms with E-state index in [4.69, 9.17) is 4.74 Å². The van der Waals surface area contributed by atoms with Gasteiger partial charge >= 0.3 is 0 Å². The number of hydrogen-bond donors (Lipinski definition) is 0. The van der Waals surface area contributed by atoms with E-state index in [1.807, 2.05) is 11.8 Å². The third kappa shape index (κ3) is 4.40. The van der Waals surface area contributed by atoms with Gasteiger partial charge in [0.05, 0.1) is 12.9 Å². The number of piperidine rings is 1. The van der Waals surface area contributed by atoms with Gasteiger partial charge in [0.2, 0.25) is 15.9 Å². The van der Waals surface area contributed by atoms with E-state index in [1.54, 1.807) is 0 Å². The zero-order valence-corrected chi connectivity index (χ0v) is 13.8. The molecule has 0 aliphatic carbocycles. The molecule has 0 spiro atoms. The molecule has 0 aromatic rings. The molecule has 0 saturated carbocycles. The fourth-order valence-corrected chi connectivity index (χ4v) is 3.98. The standard InChI is InChI=1S/C14H26N2O4S/c1-3-15(10-12-6-9-20-11-12)14(17)13-4-7-16(8-5-13)21(2,18)19/h12-13H,3-11H2,1-2H3/t12-/m1/s1. The molecule has 6 nitrogen and oxygen atoms in total. The Labute approximate surface area is 127 Å². The lowest BCUT2D eigenvalue weighted by atomic mass is 9.96. The van der Waals surface area contributed by atoms with Crippen LogP contribution in [-0.2, 0) is 19.6 Å². The Kier molecular flexibility index (Phi) is 5.62. The normalized spacial score (nSPS) is 25.1. The van der Waals surface area contributed by atoms with Gasteiger partial charge in [-0.25, -0.2) is 12.7 Å². The number of rotatable bonds is 5. The molecule has 2 aliphatic heterocycles. The van der Waals surface area contributed by atoms with Crippen LogP contribution in [0.1, 0.15) is 26.2 Å². The second-order valence-electron chi connectivity index (χ2n) is 6.04. The molecular weight excluding hydrogens is 292 g/mol. The first-order chi connectivity index (χ1) is 9.91. The first kappa shape index (κ1) is 16.7. The third-order valence-corrected chi connectivity index (χ3v) is 5.77. The van der Waals surface area contributed by atoms with Crippen molar-refractivity contribution in [2.75, 3.05) is 45.6 Å². The summed E-state index contributed by atoms with van der Waals surface area (Å²) in [6, 6.07) is 0. The summed E-state index contributed by atoms with van der Waals surface area (Å²) in [5, 5.41) is 0. The molecule has 7 heteroatoms. The van der Waals surface area contributed by atoms with Crippen molar-refractivity contribution in [1.29, 1.82) is 0 Å². The fourth-order valence-electron chi connectivity index (χ4n) is 3.11. The summed E-state index contributed by atoms with van der Waals surface area (Å²) in [7, 11) is -3.13. The molecule has 0 aromatic heterocycles. The smallest absolute Gasteiger partial charge is 0.225 e. The van der Waals surface area contributed by atoms with E-state index in [1.165, 1.54) is 10.6 Å². The lowest BCUT2D eigenvalue weighted by molar-refractivity contribution is -0.137. The van der Waals surface area contributed by atoms with Crippen LogP contribution in [0, 0.1) is 11.8 Å². The van der Waals surface area contributed by atoms with E-state index in [0.29, 0.717) is 38.4 Å². The van der Waals surface area contributed by atoms with Crippen LogP contribution in [0.5, 0.6) is 0 Å². The number of carbonyl (C=O) groups excluding carboxylic acids is 1. The van der Waals surface area contributed by atoms with Crippen molar-refractivity contribution < 1.29 is 17.9 Å². The Bertz CT molecular complexity index is 452. The number of sulfonamides is 1. The zero-order valence-electron chi connectivity index (χ0n) is 13.0. The first-order valence-corrected chi connectivity index (χ1v) is 9.58. The summed E-state index contributed by atoms with van der Waals surface area (Å²) >= 11 is 0. The first-order valence-electron chi connectivity index (χ1n) is 7.73. The molecule has 0 N–H and O–H groups in total. The van der Waals surface area contributed by atoms with Crippen LogP contribution in [0.3, 0.4) is 0 Å². The summed E-state index contributed by atoms with van der Waals surface area (Å²) in [5.74, 6) is 0.591. The number of carbonyl (C=O) groups is 1. The summed E-state index contributed by atoms with van der Waals surface area (Å²) in [6.45, 7) is 5.93. The van der Waals surface area contributed by atoms with Crippen molar-refractivity contribution in [3.05, 3.63) is 0 Å². The van der Waals surface area contributed by atoms with Gasteiger partial charge in [-0.1, -0.05) is 0 Å². The van der Waals surface area contributed by atoms with Gasteiger partial charge in [-0.05, 0) is 26.2 Å². The van der Waals surface area contributed by atoms with E-state index in [0.717, 1.165) is 26.2 Å². The van der Waals surface area contributed by atoms with E-state index < -0.39 is 10.0 Å². The van der Waals surface area contributed by atoms with Gasteiger partial charge < -0.3 is 9.64 Å². The Hall–Kier alpha value is -0.660. The summed E-state index contributed by atoms with van der Waals surface area (Å²) in [5.41, 5.74) is 0. The molecule has 2 fully saturated rings. The van der Waals surface area contributed by atoms with Crippen molar-refractivity contribution in [3.63, 3.8) is 0 Å². The molecule has 0 bridgehead atoms. The predicted molar refractivity (Wildman–Crippen MR) is 80.3 cm³/mol. The highest BCUT2D eigenvalue weighted by Crippen LogP contribution is 2.23. The molecule has 0 aromatic carbocycles. The largest absolute Gasteiger partial charge is 0.381 e. The second kappa shape index (κ2) is 7.07. The molecule has 0 radical (unpaired) electrons. The highest BCUT2D eigenvalue weighted by atomic mass is 32.2. The average molecular weight is 318 g/mol. The molecule has 0 unspecified atom stereocenters. The van der Waals surface area contributed by atoms with Gasteiger partial charge in [-0.3, -0.25) is 4.79 Å². The van der Waals surface area contributed by atoms with Gasteiger partial charge in [0, 0.05) is 44.6 Å². The van der Waals surface area contributed by atoms with Crippen LogP contribution in [-0.4, -0.2) is 69.2 Å². The lowest BCUT2D eigenvalue weighted by Gasteiger charge is -2.33. The quantitative estimate of drug-likeness (QED) is 0.742. The third-order valence-electron chi connectivity index (χ3n) is 4.47. The van der Waals surface area contributed by atoms with Gasteiger partial charge in [-0.2, -0.15) is 0 Å². The van der Waals surface area contributed by atoms with Crippen LogP contribution in [0.4, 0.5) is 0 Å². The van der Waals surface area contributed by atoms with Gasteiger partial charge in [0.15, 0.2) is 0 Å². The topological polar surface area (TPSA) is 66.9 Å². The number of amides is 1. The second-order valence-corrected chi connectivity index (χ2v) is 8.03. The molecule has 2 saturated heterocycles. The Morgan fingerprint density at radius 1 is 1.29 bits per heavy atom. The Morgan fingerprint density at radius 2 is 1.95 bits per heavy atom. The minimum Gasteiger partial charge on any atom is -0.381 e. The van der Waals surface area contributed by atoms with Crippen molar-refractivity contribution in [2.45, 2.75) is 26.2 Å². The molecule has 122 valence electrons. The van der Waals surface area contributed by atoms with E-state index in [-0.39, 0.29) is 11.8 Å². The summed E-state index contributed by atoms with van der Waals surface area (Å²) in [4.78, 5) is 14.5. The fraction of sp³-hybridized carbons (Fsp3) is 0.929. The molecular formula is C14H26N2O4S. The van der Waals surface area contributed by atoms with Gasteiger partial charge in [0.25, 0.3) is 0 Å². The average Bonchev–Trinajstić information content (AvgIpc) is 2.96. The maximum atomic E-state index is 12.6. The lowest BCUT2D eigenvalue weighted by Crippen LogP contribution is -2.45. The van der Waals surface area contributed by atoms with Crippen LogP contribution >= 0.6 is 0 Å². The molecule has 21 heavy (non-hydrogen) atoms. The highest BCUT2D eigenvalue weighted by molar-refractivity contribution is 7.88. The number of ether oxygens (including phenoxy) is 1. The van der Waals surface area contributed by atoms with Crippen molar-refractivity contribution >= 4 is 15.9 Å². The van der Waals surface area contributed by atoms with Crippen molar-refractivity contribution in [1.82, 2.24) is 9.21 Å². The number of hydrogen-bond acceptors (Lipinski definition) is 4. The van der Waals surface area contributed by atoms with Gasteiger partial charge in [0.1, 0.15) is 0 Å². The summed E-state index contributed by atoms with van der Waals surface area (Å²) in [6.07, 6.45) is 3.51. The minimum absolute atomic E-state index is 0.0368. The van der Waals surface area contributed by atoms with E-state index >= 15 is 0 Å². The van der Waals surface area contributed by atoms with Crippen LogP contribution in [0.2, 0.25) is 0 Å². The maximum absolute atomic E-state index is 12.6. The monoisotopic (exact) mass is 318 g/mol. The minimum atomic E-state index is -3.13.